The van der Waals surface area contributed by atoms with Gasteiger partial charge >= 0.3 is 0 Å². The van der Waals surface area contributed by atoms with Crippen LogP contribution in [-0.4, -0.2) is 7.05 Å². The van der Waals surface area contributed by atoms with Crippen molar-refractivity contribution in [3.8, 4) is 17.6 Å². The predicted octanol–water partition coefficient (Wildman–Crippen LogP) is 3.70. The first-order valence-electron chi connectivity index (χ1n) is 5.69. The number of ether oxygens (including phenoxy) is 1. The minimum atomic E-state index is 0.644. The lowest BCUT2D eigenvalue weighted by Crippen LogP contribution is -1.90. The van der Waals surface area contributed by atoms with E-state index < -0.39 is 0 Å². The van der Waals surface area contributed by atoms with Crippen LogP contribution in [0.4, 0.5) is 5.69 Å². The number of nitrogens with one attached hydrogen (secondary N) is 1. The van der Waals surface area contributed by atoms with E-state index in [1.165, 1.54) is 0 Å². The molecule has 2 aromatic carbocycles. The molecule has 0 unspecified atom stereocenters. The third-order valence-corrected chi connectivity index (χ3v) is 2.67. The first-order chi connectivity index (χ1) is 8.72. The molecule has 0 atom stereocenters. The fourth-order valence-corrected chi connectivity index (χ4v) is 1.65. The van der Waals surface area contributed by atoms with Gasteiger partial charge in [-0.15, -0.1) is 0 Å². The van der Waals surface area contributed by atoms with E-state index in [-0.39, 0.29) is 0 Å². The molecule has 2 aromatic rings. The number of hydrogen-bond acceptors (Lipinski definition) is 3. The van der Waals surface area contributed by atoms with E-state index in [1.54, 1.807) is 6.07 Å². The lowest BCUT2D eigenvalue weighted by atomic mass is 10.1. The fraction of sp³-hybridized carbons (Fsp3) is 0.133. The molecule has 0 radical (unpaired) electrons. The van der Waals surface area contributed by atoms with Gasteiger partial charge in [-0.2, -0.15) is 5.26 Å². The second kappa shape index (κ2) is 5.24. The topological polar surface area (TPSA) is 45.0 Å². The molecule has 2 rings (SSSR count). The second-order valence-electron chi connectivity index (χ2n) is 3.97. The summed E-state index contributed by atoms with van der Waals surface area (Å²) in [5.74, 6) is 1.55. The molecule has 18 heavy (non-hydrogen) atoms. The molecule has 1 N–H and O–H groups in total. The summed E-state index contributed by atoms with van der Waals surface area (Å²) in [6, 6.07) is 15.2. The number of hydrogen-bond donors (Lipinski definition) is 1. The summed E-state index contributed by atoms with van der Waals surface area (Å²) >= 11 is 0. The molecule has 0 bridgehead atoms. The van der Waals surface area contributed by atoms with E-state index in [0.717, 1.165) is 22.7 Å². The quantitative estimate of drug-likeness (QED) is 0.886. The van der Waals surface area contributed by atoms with Crippen molar-refractivity contribution in [2.45, 2.75) is 6.92 Å². The molecule has 3 heteroatoms. The lowest BCUT2D eigenvalue weighted by Gasteiger charge is -2.09. The van der Waals surface area contributed by atoms with Gasteiger partial charge in [0, 0.05) is 12.7 Å². The summed E-state index contributed by atoms with van der Waals surface area (Å²) in [7, 11) is 1.88. The average molecular weight is 238 g/mol. The molecule has 0 aliphatic carbocycles. The second-order valence-corrected chi connectivity index (χ2v) is 3.97. The van der Waals surface area contributed by atoms with Gasteiger partial charge in [-0.05, 0) is 55.0 Å². The zero-order valence-electron chi connectivity index (χ0n) is 10.4. The van der Waals surface area contributed by atoms with Gasteiger partial charge in [0.1, 0.15) is 11.5 Å². The van der Waals surface area contributed by atoms with Crippen LogP contribution in [0.15, 0.2) is 42.5 Å². The fourth-order valence-electron chi connectivity index (χ4n) is 1.65. The number of aryl methyl sites for hydroxylation is 1. The van der Waals surface area contributed by atoms with E-state index in [4.69, 9.17) is 10.00 Å². The van der Waals surface area contributed by atoms with Gasteiger partial charge in [0.2, 0.25) is 0 Å². The third-order valence-electron chi connectivity index (χ3n) is 2.67. The maximum Gasteiger partial charge on any atom is 0.130 e. The van der Waals surface area contributed by atoms with Crippen LogP contribution in [-0.2, 0) is 0 Å². The molecular formula is C15H14N2O. The molecule has 0 aliphatic heterocycles. The van der Waals surface area contributed by atoms with E-state index in [1.807, 2.05) is 50.4 Å². The molecule has 0 saturated carbocycles. The maximum atomic E-state index is 8.80. The van der Waals surface area contributed by atoms with Crippen LogP contribution in [0.3, 0.4) is 0 Å². The third kappa shape index (κ3) is 2.61. The SMILES string of the molecule is CNc1ccc(Oc2ccc(C#N)cc2C)cc1. The Bertz CT molecular complexity index is 582. The average Bonchev–Trinajstić information content (AvgIpc) is 2.42. The lowest BCUT2D eigenvalue weighted by molar-refractivity contribution is 0.479. The highest BCUT2D eigenvalue weighted by atomic mass is 16.5. The first-order valence-corrected chi connectivity index (χ1v) is 5.69. The molecule has 0 amide bonds. The maximum absolute atomic E-state index is 8.80. The van der Waals surface area contributed by atoms with Crippen molar-refractivity contribution in [3.63, 3.8) is 0 Å². The van der Waals surface area contributed by atoms with Gasteiger partial charge in [-0.25, -0.2) is 0 Å². The Hall–Kier alpha value is -2.47. The number of benzene rings is 2. The van der Waals surface area contributed by atoms with Crippen LogP contribution in [0, 0.1) is 18.3 Å². The van der Waals surface area contributed by atoms with E-state index in [9.17, 15) is 0 Å². The molecule has 0 saturated heterocycles. The van der Waals surface area contributed by atoms with Crippen LogP contribution in [0.5, 0.6) is 11.5 Å². The Labute approximate surface area is 107 Å². The highest BCUT2D eigenvalue weighted by Gasteiger charge is 2.02. The first kappa shape index (κ1) is 12.0. The standard InChI is InChI=1S/C15H14N2O/c1-11-9-12(10-16)3-8-15(11)18-14-6-4-13(17-2)5-7-14/h3-9,17H,1-2H3. The molecule has 90 valence electrons. The molecule has 3 nitrogen and oxygen atoms in total. The summed E-state index contributed by atoms with van der Waals surface area (Å²) in [5, 5.41) is 11.9. The largest absolute Gasteiger partial charge is 0.457 e. The van der Waals surface area contributed by atoms with Crippen LogP contribution in [0.2, 0.25) is 0 Å². The van der Waals surface area contributed by atoms with Gasteiger partial charge in [0.05, 0.1) is 11.6 Å². The Morgan fingerprint density at radius 1 is 1.11 bits per heavy atom. The van der Waals surface area contributed by atoms with Crippen LogP contribution < -0.4 is 10.1 Å². The normalized spacial score (nSPS) is 9.61. The highest BCUT2D eigenvalue weighted by molar-refractivity contribution is 5.48. The van der Waals surface area contributed by atoms with Gasteiger partial charge in [0.25, 0.3) is 0 Å². The van der Waals surface area contributed by atoms with Crippen molar-refractivity contribution in [1.29, 1.82) is 5.26 Å². The Balaban J connectivity index is 2.20. The highest BCUT2D eigenvalue weighted by Crippen LogP contribution is 2.26. The molecule has 0 fully saturated rings. The minimum Gasteiger partial charge on any atom is -0.457 e. The van der Waals surface area contributed by atoms with Crippen LogP contribution in [0.1, 0.15) is 11.1 Å². The molecule has 0 heterocycles. The molecular weight excluding hydrogens is 224 g/mol. The van der Waals surface area contributed by atoms with Crippen molar-refractivity contribution >= 4 is 5.69 Å². The Morgan fingerprint density at radius 3 is 2.39 bits per heavy atom. The van der Waals surface area contributed by atoms with Gasteiger partial charge < -0.3 is 10.1 Å². The molecule has 0 aliphatic rings. The van der Waals surface area contributed by atoms with Crippen molar-refractivity contribution in [2.75, 3.05) is 12.4 Å². The zero-order valence-corrected chi connectivity index (χ0v) is 10.4. The van der Waals surface area contributed by atoms with E-state index >= 15 is 0 Å². The van der Waals surface area contributed by atoms with Crippen molar-refractivity contribution in [2.24, 2.45) is 0 Å². The van der Waals surface area contributed by atoms with E-state index in [0.29, 0.717) is 5.56 Å². The molecule has 0 spiro atoms. The Morgan fingerprint density at radius 2 is 1.83 bits per heavy atom. The van der Waals surface area contributed by atoms with Crippen molar-refractivity contribution in [1.82, 2.24) is 0 Å². The minimum absolute atomic E-state index is 0.644. The summed E-state index contributed by atoms with van der Waals surface area (Å²) in [4.78, 5) is 0. The van der Waals surface area contributed by atoms with Crippen LogP contribution >= 0.6 is 0 Å². The number of nitrogens with zero attached hydrogens (tertiary/aromatic N) is 1. The predicted molar refractivity (Wildman–Crippen MR) is 72.0 cm³/mol. The monoisotopic (exact) mass is 238 g/mol. The van der Waals surface area contributed by atoms with Gasteiger partial charge in [0.15, 0.2) is 0 Å². The van der Waals surface area contributed by atoms with Crippen LogP contribution in [0.25, 0.3) is 0 Å². The summed E-state index contributed by atoms with van der Waals surface area (Å²) < 4.78 is 5.77. The smallest absolute Gasteiger partial charge is 0.130 e. The number of nitriles is 1. The van der Waals surface area contributed by atoms with Crippen molar-refractivity contribution < 1.29 is 4.74 Å². The Kier molecular flexibility index (Phi) is 3.49. The summed E-state index contributed by atoms with van der Waals surface area (Å²) in [6.07, 6.45) is 0. The van der Waals surface area contributed by atoms with Gasteiger partial charge in [-0.3, -0.25) is 0 Å². The number of anilines is 1. The summed E-state index contributed by atoms with van der Waals surface area (Å²) in [5.41, 5.74) is 2.64. The van der Waals surface area contributed by atoms with E-state index in [2.05, 4.69) is 11.4 Å². The van der Waals surface area contributed by atoms with Crippen molar-refractivity contribution in [3.05, 3.63) is 53.6 Å². The molecule has 0 aromatic heterocycles. The summed E-state index contributed by atoms with van der Waals surface area (Å²) in [6.45, 7) is 1.93. The van der Waals surface area contributed by atoms with Gasteiger partial charge in [-0.1, -0.05) is 0 Å². The number of rotatable bonds is 3. The zero-order chi connectivity index (χ0) is 13.0.